The summed E-state index contributed by atoms with van der Waals surface area (Å²) in [6, 6.07) is 1.50. The van der Waals surface area contributed by atoms with Gasteiger partial charge in [-0.1, -0.05) is 6.42 Å². The lowest BCUT2D eigenvalue weighted by molar-refractivity contribution is 0.0280. The molecule has 110 valence electrons. The van der Waals surface area contributed by atoms with E-state index in [-0.39, 0.29) is 0 Å². The summed E-state index contributed by atoms with van der Waals surface area (Å²) in [6.45, 7) is 10.5. The normalized spacial score (nSPS) is 39.9. The van der Waals surface area contributed by atoms with Gasteiger partial charge >= 0.3 is 0 Å². The predicted octanol–water partition coefficient (Wildman–Crippen LogP) is 2.12. The molecule has 0 aromatic rings. The summed E-state index contributed by atoms with van der Waals surface area (Å²) in [4.78, 5) is 2.70. The molecule has 1 saturated carbocycles. The summed E-state index contributed by atoms with van der Waals surface area (Å²) in [5, 5.41) is 3.92. The number of likely N-dealkylation sites (tertiary alicyclic amines) is 1. The second-order valence-electron chi connectivity index (χ2n) is 7.16. The Balaban J connectivity index is 1.55. The molecule has 0 aromatic heterocycles. The van der Waals surface area contributed by atoms with Crippen LogP contribution in [0.25, 0.3) is 0 Å². The van der Waals surface area contributed by atoms with Crippen LogP contribution < -0.4 is 5.32 Å². The van der Waals surface area contributed by atoms with Gasteiger partial charge in [0.05, 0.1) is 6.61 Å². The molecular formula is C16H30N2O. The van der Waals surface area contributed by atoms with Gasteiger partial charge < -0.3 is 15.0 Å². The highest BCUT2D eigenvalue weighted by atomic mass is 16.5. The molecule has 19 heavy (non-hydrogen) atoms. The molecule has 2 heterocycles. The van der Waals surface area contributed by atoms with E-state index in [1.165, 1.54) is 45.3 Å². The minimum Gasteiger partial charge on any atom is -0.381 e. The highest BCUT2D eigenvalue weighted by Crippen LogP contribution is 2.35. The molecule has 0 aromatic carbocycles. The van der Waals surface area contributed by atoms with E-state index in [1.807, 2.05) is 0 Å². The van der Waals surface area contributed by atoms with Crippen molar-refractivity contribution < 1.29 is 4.74 Å². The van der Waals surface area contributed by atoms with Crippen LogP contribution in [-0.4, -0.2) is 49.8 Å². The Hall–Kier alpha value is -0.120. The van der Waals surface area contributed by atoms with Crippen LogP contribution in [0.5, 0.6) is 0 Å². The van der Waals surface area contributed by atoms with Gasteiger partial charge in [-0.3, -0.25) is 0 Å². The number of hydrogen-bond acceptors (Lipinski definition) is 3. The van der Waals surface area contributed by atoms with E-state index in [0.717, 1.165) is 37.0 Å². The second kappa shape index (κ2) is 6.11. The highest BCUT2D eigenvalue weighted by Gasteiger charge is 2.39. The fraction of sp³-hybridized carbons (Fsp3) is 1.00. The van der Waals surface area contributed by atoms with Crippen molar-refractivity contribution in [2.24, 2.45) is 17.8 Å². The van der Waals surface area contributed by atoms with Crippen LogP contribution in [0.2, 0.25) is 0 Å². The number of rotatable bonds is 4. The van der Waals surface area contributed by atoms with Gasteiger partial charge in [0.1, 0.15) is 0 Å². The highest BCUT2D eigenvalue weighted by molar-refractivity contribution is 4.95. The second-order valence-corrected chi connectivity index (χ2v) is 7.16. The van der Waals surface area contributed by atoms with Gasteiger partial charge in [-0.05, 0) is 50.9 Å². The molecule has 2 aliphatic heterocycles. The summed E-state index contributed by atoms with van der Waals surface area (Å²) < 4.78 is 5.49. The van der Waals surface area contributed by atoms with Crippen molar-refractivity contribution in [2.45, 2.75) is 51.6 Å². The molecule has 3 heteroatoms. The average Bonchev–Trinajstić information content (AvgIpc) is 2.88. The third kappa shape index (κ3) is 3.14. The number of hydrogen-bond donors (Lipinski definition) is 1. The molecule has 1 aliphatic carbocycles. The first kappa shape index (κ1) is 13.8. The van der Waals surface area contributed by atoms with Crippen LogP contribution in [-0.2, 0) is 4.74 Å². The van der Waals surface area contributed by atoms with Gasteiger partial charge in [0, 0.05) is 38.3 Å². The van der Waals surface area contributed by atoms with Gasteiger partial charge in [0.25, 0.3) is 0 Å². The summed E-state index contributed by atoms with van der Waals surface area (Å²) in [5.41, 5.74) is 0. The van der Waals surface area contributed by atoms with Crippen LogP contribution in [0, 0.1) is 17.8 Å². The van der Waals surface area contributed by atoms with Crippen molar-refractivity contribution in [3.05, 3.63) is 0 Å². The zero-order valence-electron chi connectivity index (χ0n) is 12.6. The van der Waals surface area contributed by atoms with Gasteiger partial charge in [0.15, 0.2) is 0 Å². The van der Waals surface area contributed by atoms with E-state index in [9.17, 15) is 0 Å². The zero-order chi connectivity index (χ0) is 13.2. The van der Waals surface area contributed by atoms with Crippen molar-refractivity contribution >= 4 is 0 Å². The molecule has 3 fully saturated rings. The average molecular weight is 266 g/mol. The molecule has 0 radical (unpaired) electrons. The molecule has 2 bridgehead atoms. The van der Waals surface area contributed by atoms with Crippen LogP contribution in [0.3, 0.4) is 0 Å². The molecule has 0 spiro atoms. The smallest absolute Gasteiger partial charge is 0.0507 e. The van der Waals surface area contributed by atoms with E-state index in [4.69, 9.17) is 4.74 Å². The van der Waals surface area contributed by atoms with Crippen LogP contribution in [0.15, 0.2) is 0 Å². The first-order valence-electron chi connectivity index (χ1n) is 8.29. The van der Waals surface area contributed by atoms with Gasteiger partial charge in [-0.25, -0.2) is 0 Å². The third-order valence-electron chi connectivity index (χ3n) is 5.50. The van der Waals surface area contributed by atoms with Crippen molar-refractivity contribution in [3.8, 4) is 0 Å². The lowest BCUT2D eigenvalue weighted by Gasteiger charge is -2.49. The fourth-order valence-electron chi connectivity index (χ4n) is 4.27. The van der Waals surface area contributed by atoms with Crippen LogP contribution in [0.1, 0.15) is 39.5 Å². The number of fused-ring (bicyclic) bond motifs is 2. The monoisotopic (exact) mass is 266 g/mol. The van der Waals surface area contributed by atoms with E-state index < -0.39 is 0 Å². The van der Waals surface area contributed by atoms with Gasteiger partial charge in [0.2, 0.25) is 0 Å². The lowest BCUT2D eigenvalue weighted by Crippen LogP contribution is -2.58. The summed E-state index contributed by atoms with van der Waals surface area (Å²) in [6.07, 6.45) is 5.57. The van der Waals surface area contributed by atoms with Crippen molar-refractivity contribution in [1.82, 2.24) is 10.2 Å². The minimum atomic E-state index is 0.715. The lowest BCUT2D eigenvalue weighted by atomic mass is 9.73. The molecule has 3 aliphatic rings. The Morgan fingerprint density at radius 3 is 2.47 bits per heavy atom. The molecule has 3 nitrogen and oxygen atoms in total. The molecule has 3 atom stereocenters. The zero-order valence-corrected chi connectivity index (χ0v) is 12.6. The molecule has 3 unspecified atom stereocenters. The SMILES string of the molecule is CC(C)N1CC2CCCC(C1)C2NCC1CCOC1. The molecule has 2 saturated heterocycles. The quantitative estimate of drug-likeness (QED) is 0.843. The number of nitrogens with one attached hydrogen (secondary N) is 1. The van der Waals surface area contributed by atoms with E-state index in [2.05, 4.69) is 24.1 Å². The van der Waals surface area contributed by atoms with Crippen molar-refractivity contribution in [1.29, 1.82) is 0 Å². The van der Waals surface area contributed by atoms with E-state index in [0.29, 0.717) is 6.04 Å². The topological polar surface area (TPSA) is 24.5 Å². The standard InChI is InChI=1S/C16H30N2O/c1-12(2)18-9-14-4-3-5-15(10-18)16(14)17-8-13-6-7-19-11-13/h12-17H,3-11H2,1-2H3. The summed E-state index contributed by atoms with van der Waals surface area (Å²) >= 11 is 0. The Morgan fingerprint density at radius 2 is 1.89 bits per heavy atom. The van der Waals surface area contributed by atoms with Crippen LogP contribution >= 0.6 is 0 Å². The number of nitrogens with zero attached hydrogens (tertiary/aromatic N) is 1. The Bertz CT molecular complexity index is 274. The summed E-state index contributed by atoms with van der Waals surface area (Å²) in [7, 11) is 0. The maximum atomic E-state index is 5.49. The molecule has 1 N–H and O–H groups in total. The van der Waals surface area contributed by atoms with E-state index >= 15 is 0 Å². The largest absolute Gasteiger partial charge is 0.381 e. The van der Waals surface area contributed by atoms with Gasteiger partial charge in [-0.2, -0.15) is 0 Å². The first-order valence-corrected chi connectivity index (χ1v) is 8.29. The Morgan fingerprint density at radius 1 is 1.16 bits per heavy atom. The van der Waals surface area contributed by atoms with Crippen molar-refractivity contribution in [2.75, 3.05) is 32.8 Å². The predicted molar refractivity (Wildman–Crippen MR) is 78.3 cm³/mol. The fourth-order valence-corrected chi connectivity index (χ4v) is 4.27. The maximum absolute atomic E-state index is 5.49. The minimum absolute atomic E-state index is 0.715. The Kier molecular flexibility index (Phi) is 4.45. The number of piperidine rings is 1. The van der Waals surface area contributed by atoms with Crippen LogP contribution in [0.4, 0.5) is 0 Å². The molecular weight excluding hydrogens is 236 g/mol. The third-order valence-corrected chi connectivity index (χ3v) is 5.50. The summed E-state index contributed by atoms with van der Waals surface area (Å²) in [5.74, 6) is 2.54. The first-order chi connectivity index (χ1) is 9.24. The van der Waals surface area contributed by atoms with E-state index in [1.54, 1.807) is 0 Å². The molecule has 3 rings (SSSR count). The van der Waals surface area contributed by atoms with Gasteiger partial charge in [-0.15, -0.1) is 0 Å². The maximum Gasteiger partial charge on any atom is 0.0507 e. The molecule has 0 amide bonds. The Labute approximate surface area is 118 Å². The number of ether oxygens (including phenoxy) is 1. The van der Waals surface area contributed by atoms with Crippen molar-refractivity contribution in [3.63, 3.8) is 0 Å².